The highest BCUT2D eigenvalue weighted by atomic mass is 16.5. The van der Waals surface area contributed by atoms with Crippen LogP contribution in [0, 0.1) is 5.92 Å². The number of H-pyrrole nitrogens is 1. The number of fused-ring (bicyclic) bond motifs is 1. The van der Waals surface area contributed by atoms with E-state index < -0.39 is 0 Å². The number of benzene rings is 2. The van der Waals surface area contributed by atoms with Crippen molar-refractivity contribution < 1.29 is 4.74 Å². The number of methoxy groups -OCH3 is 1. The number of piperidine rings is 1. The normalized spacial score (nSPS) is 16.1. The van der Waals surface area contributed by atoms with Crippen LogP contribution in [0.5, 0.6) is 5.75 Å². The van der Waals surface area contributed by atoms with Crippen molar-refractivity contribution in [1.82, 2.24) is 30.1 Å². The van der Waals surface area contributed by atoms with Gasteiger partial charge in [0.25, 0.3) is 5.56 Å². The van der Waals surface area contributed by atoms with Crippen LogP contribution in [-0.2, 0) is 13.0 Å². The molecule has 1 N–H and O–H groups in total. The lowest BCUT2D eigenvalue weighted by Gasteiger charge is -2.35. The Kier molecular flexibility index (Phi) is 6.40. The lowest BCUT2D eigenvalue weighted by molar-refractivity contribution is 0.149. The summed E-state index contributed by atoms with van der Waals surface area (Å²) in [6, 6.07) is 17.7. The van der Waals surface area contributed by atoms with Crippen molar-refractivity contribution in [2.24, 2.45) is 5.92 Å². The van der Waals surface area contributed by atoms with Crippen molar-refractivity contribution in [2.75, 3.05) is 20.2 Å². The number of nitrogens with one attached hydrogen (secondary N) is 1. The third-order valence-electron chi connectivity index (χ3n) is 6.82. The molecule has 1 atom stereocenters. The number of pyridine rings is 1. The highest BCUT2D eigenvalue weighted by Crippen LogP contribution is 2.31. The topological polar surface area (TPSA) is 88.9 Å². The Morgan fingerprint density at radius 1 is 1.12 bits per heavy atom. The maximum Gasteiger partial charge on any atom is 0.253 e. The van der Waals surface area contributed by atoms with Gasteiger partial charge in [0.2, 0.25) is 0 Å². The minimum Gasteiger partial charge on any atom is -0.497 e. The molecular weight excluding hydrogens is 428 g/mol. The van der Waals surface area contributed by atoms with Crippen LogP contribution in [0.1, 0.15) is 42.8 Å². The molecule has 1 saturated heterocycles. The van der Waals surface area contributed by atoms with E-state index in [1.165, 1.54) is 5.56 Å². The van der Waals surface area contributed by atoms with Crippen molar-refractivity contribution in [3.8, 4) is 5.75 Å². The molecule has 1 fully saturated rings. The minimum atomic E-state index is -0.312. The van der Waals surface area contributed by atoms with Gasteiger partial charge in [0, 0.05) is 18.2 Å². The molecule has 1 aliphatic rings. The zero-order chi connectivity index (χ0) is 23.5. The van der Waals surface area contributed by atoms with Gasteiger partial charge >= 0.3 is 0 Å². The van der Waals surface area contributed by atoms with E-state index in [0.717, 1.165) is 43.3 Å². The second kappa shape index (κ2) is 9.77. The molecule has 4 aromatic rings. The maximum atomic E-state index is 13.4. The monoisotopic (exact) mass is 458 g/mol. The molecule has 0 saturated carbocycles. The zero-order valence-electron chi connectivity index (χ0n) is 19.6. The van der Waals surface area contributed by atoms with Crippen molar-refractivity contribution in [1.29, 1.82) is 0 Å². The van der Waals surface area contributed by atoms with Crippen LogP contribution in [0.25, 0.3) is 10.9 Å². The van der Waals surface area contributed by atoms with E-state index in [9.17, 15) is 4.79 Å². The van der Waals surface area contributed by atoms with Gasteiger partial charge in [-0.1, -0.05) is 37.3 Å². The number of aromatic amines is 1. The molecule has 1 aliphatic heterocycles. The van der Waals surface area contributed by atoms with Crippen molar-refractivity contribution in [2.45, 2.75) is 38.8 Å². The second-order valence-corrected chi connectivity index (χ2v) is 9.12. The molecule has 0 unspecified atom stereocenters. The van der Waals surface area contributed by atoms with Crippen molar-refractivity contribution in [3.05, 3.63) is 81.9 Å². The summed E-state index contributed by atoms with van der Waals surface area (Å²) in [4.78, 5) is 18.8. The summed E-state index contributed by atoms with van der Waals surface area (Å²) in [6.07, 6.45) is 2.99. The first-order valence-corrected chi connectivity index (χ1v) is 11.9. The first-order valence-electron chi connectivity index (χ1n) is 11.9. The van der Waals surface area contributed by atoms with E-state index in [-0.39, 0.29) is 11.6 Å². The Hall–Kier alpha value is -3.52. The molecule has 0 radical (unpaired) electrons. The van der Waals surface area contributed by atoms with Crippen LogP contribution in [0.3, 0.4) is 0 Å². The third-order valence-corrected chi connectivity index (χ3v) is 6.82. The largest absolute Gasteiger partial charge is 0.497 e. The fraction of sp³-hybridized carbons (Fsp3) is 0.385. The van der Waals surface area contributed by atoms with E-state index in [1.54, 1.807) is 7.11 Å². The summed E-state index contributed by atoms with van der Waals surface area (Å²) in [5.41, 5.74) is 2.53. The molecule has 2 aromatic heterocycles. The molecule has 0 spiro atoms. The van der Waals surface area contributed by atoms with Crippen LogP contribution in [-0.4, -0.2) is 50.3 Å². The number of likely N-dealkylation sites (tertiary alicyclic amines) is 1. The molecule has 176 valence electrons. The highest BCUT2D eigenvalue weighted by Gasteiger charge is 2.32. The van der Waals surface area contributed by atoms with Gasteiger partial charge < -0.3 is 9.72 Å². The van der Waals surface area contributed by atoms with Gasteiger partial charge in [-0.15, -0.1) is 5.10 Å². The summed E-state index contributed by atoms with van der Waals surface area (Å²) < 4.78 is 7.18. The fourth-order valence-corrected chi connectivity index (χ4v) is 4.76. The molecule has 3 heterocycles. The Morgan fingerprint density at radius 3 is 2.68 bits per heavy atom. The van der Waals surface area contributed by atoms with Crippen LogP contribution >= 0.6 is 0 Å². The quantitative estimate of drug-likeness (QED) is 0.455. The van der Waals surface area contributed by atoms with Gasteiger partial charge in [0.15, 0.2) is 5.82 Å². The summed E-state index contributed by atoms with van der Waals surface area (Å²) in [7, 11) is 1.62. The van der Waals surface area contributed by atoms with Gasteiger partial charge in [0.05, 0.1) is 12.6 Å². The lowest BCUT2D eigenvalue weighted by atomic mass is 9.95. The van der Waals surface area contributed by atoms with Crippen molar-refractivity contribution >= 4 is 10.9 Å². The molecule has 5 rings (SSSR count). The highest BCUT2D eigenvalue weighted by molar-refractivity contribution is 5.80. The zero-order valence-corrected chi connectivity index (χ0v) is 19.6. The second-order valence-electron chi connectivity index (χ2n) is 9.12. The summed E-state index contributed by atoms with van der Waals surface area (Å²) in [5, 5.41) is 13.7. The van der Waals surface area contributed by atoms with E-state index in [2.05, 4.69) is 44.5 Å². The first kappa shape index (κ1) is 22.3. The molecule has 0 aliphatic carbocycles. The molecule has 8 heteroatoms. The van der Waals surface area contributed by atoms with E-state index >= 15 is 0 Å². The molecule has 0 amide bonds. The van der Waals surface area contributed by atoms with Crippen LogP contribution in [0.2, 0.25) is 0 Å². The Balaban J connectivity index is 1.54. The summed E-state index contributed by atoms with van der Waals surface area (Å²) in [5.74, 6) is 2.10. The molecule has 34 heavy (non-hydrogen) atoms. The van der Waals surface area contributed by atoms with Gasteiger partial charge in [0.1, 0.15) is 11.8 Å². The van der Waals surface area contributed by atoms with Gasteiger partial charge in [-0.25, -0.2) is 4.68 Å². The number of nitrogens with zero attached hydrogens (tertiary/aromatic N) is 5. The van der Waals surface area contributed by atoms with Crippen LogP contribution < -0.4 is 10.3 Å². The third kappa shape index (κ3) is 4.59. The number of aryl methyl sites for hydroxylation is 2. The average molecular weight is 459 g/mol. The summed E-state index contributed by atoms with van der Waals surface area (Å²) in [6.45, 7) is 4.73. The summed E-state index contributed by atoms with van der Waals surface area (Å²) >= 11 is 0. The number of rotatable bonds is 7. The number of hydrogen-bond acceptors (Lipinski definition) is 6. The molecule has 0 bridgehead atoms. The maximum absolute atomic E-state index is 13.4. The Morgan fingerprint density at radius 2 is 1.91 bits per heavy atom. The fourth-order valence-electron chi connectivity index (χ4n) is 4.76. The van der Waals surface area contributed by atoms with Gasteiger partial charge in [-0.05, 0) is 77.8 Å². The van der Waals surface area contributed by atoms with Crippen molar-refractivity contribution in [3.63, 3.8) is 0 Å². The van der Waals surface area contributed by atoms with Crippen LogP contribution in [0.4, 0.5) is 0 Å². The number of ether oxygens (including phenoxy) is 1. The standard InChI is InChI=1S/C26H30N6O2/c1-18-10-13-31(14-11-18)24(22-16-20-8-9-21(34-2)17-23(20)27-26(22)33)25-28-29-30-32(25)15-12-19-6-4-3-5-7-19/h3-9,16-18,24H,10-15H2,1-2H3,(H,27,33)/t24-/m1/s1. The van der Waals surface area contributed by atoms with E-state index in [4.69, 9.17) is 4.74 Å². The van der Waals surface area contributed by atoms with E-state index in [0.29, 0.717) is 29.6 Å². The smallest absolute Gasteiger partial charge is 0.253 e. The number of hydrogen-bond donors (Lipinski definition) is 1. The minimum absolute atomic E-state index is 0.123. The SMILES string of the molecule is COc1ccc2cc([C@H](c3nnnn3CCc3ccccc3)N3CCC(C)CC3)c(=O)[nH]c2c1. The van der Waals surface area contributed by atoms with Crippen LogP contribution in [0.15, 0.2) is 59.4 Å². The Bertz CT molecular complexity index is 1310. The Labute approximate surface area is 198 Å². The molecule has 8 nitrogen and oxygen atoms in total. The number of aromatic nitrogens is 5. The average Bonchev–Trinajstić information content (AvgIpc) is 3.33. The van der Waals surface area contributed by atoms with E-state index in [1.807, 2.05) is 47.1 Å². The lowest BCUT2D eigenvalue weighted by Crippen LogP contribution is -2.40. The molecular formula is C26H30N6O2. The first-order chi connectivity index (χ1) is 16.6. The predicted octanol–water partition coefficient (Wildman–Crippen LogP) is 3.59. The van der Waals surface area contributed by atoms with Gasteiger partial charge in [-0.3, -0.25) is 9.69 Å². The number of tetrazole rings is 1. The molecule has 2 aromatic carbocycles. The van der Waals surface area contributed by atoms with Gasteiger partial charge in [-0.2, -0.15) is 0 Å². The predicted molar refractivity (Wildman–Crippen MR) is 131 cm³/mol.